The van der Waals surface area contributed by atoms with Crippen molar-refractivity contribution in [2.75, 3.05) is 44.2 Å². The summed E-state index contributed by atoms with van der Waals surface area (Å²) in [6, 6.07) is 10.4. The molecular formula is C28H34FN5O. The molecule has 6 nitrogen and oxygen atoms in total. The third kappa shape index (κ3) is 4.31. The summed E-state index contributed by atoms with van der Waals surface area (Å²) in [5.41, 5.74) is 4.80. The summed E-state index contributed by atoms with van der Waals surface area (Å²) >= 11 is 0. The van der Waals surface area contributed by atoms with Crippen molar-refractivity contribution in [3.63, 3.8) is 0 Å². The molecular weight excluding hydrogens is 441 g/mol. The van der Waals surface area contributed by atoms with Crippen LogP contribution in [-0.2, 0) is 4.79 Å². The summed E-state index contributed by atoms with van der Waals surface area (Å²) in [5, 5.41) is 4.51. The van der Waals surface area contributed by atoms with Crippen LogP contribution in [0.1, 0.15) is 44.6 Å². The fraction of sp³-hybridized carbons (Fsp3) is 0.500. The van der Waals surface area contributed by atoms with Gasteiger partial charge >= 0.3 is 0 Å². The molecule has 1 saturated carbocycles. The van der Waals surface area contributed by atoms with Crippen molar-refractivity contribution in [2.45, 2.75) is 45.1 Å². The maximum absolute atomic E-state index is 15.2. The molecule has 184 valence electrons. The number of carbonyl (C=O) groups excluding carboxylic acids is 1. The van der Waals surface area contributed by atoms with E-state index in [4.69, 9.17) is 0 Å². The first-order valence-electron chi connectivity index (χ1n) is 13.0. The molecule has 1 aliphatic carbocycles. The molecule has 0 unspecified atom stereocenters. The molecule has 3 aromatic rings. The number of benzene rings is 1. The van der Waals surface area contributed by atoms with Crippen molar-refractivity contribution >= 4 is 17.1 Å². The van der Waals surface area contributed by atoms with Gasteiger partial charge in [0.15, 0.2) is 0 Å². The molecule has 0 spiro atoms. The fourth-order valence-corrected chi connectivity index (χ4v) is 5.73. The molecule has 4 heterocycles. The Labute approximate surface area is 206 Å². The lowest BCUT2D eigenvalue weighted by Crippen LogP contribution is -2.49. The van der Waals surface area contributed by atoms with Crippen LogP contribution in [0.3, 0.4) is 0 Å². The number of halogens is 1. The van der Waals surface area contributed by atoms with Crippen molar-refractivity contribution in [1.82, 2.24) is 19.4 Å². The number of piperazine rings is 1. The molecule has 7 heteroatoms. The Morgan fingerprint density at radius 1 is 1.00 bits per heavy atom. The van der Waals surface area contributed by atoms with E-state index in [0.717, 1.165) is 86.4 Å². The van der Waals surface area contributed by atoms with Gasteiger partial charge < -0.3 is 14.7 Å². The van der Waals surface area contributed by atoms with Crippen LogP contribution in [0.15, 0.2) is 42.7 Å². The van der Waals surface area contributed by atoms with E-state index in [1.54, 1.807) is 6.07 Å². The molecule has 1 amide bonds. The number of fused-ring (bicyclic) bond motifs is 1. The summed E-state index contributed by atoms with van der Waals surface area (Å²) < 4.78 is 17.1. The second kappa shape index (κ2) is 8.94. The Hall–Kier alpha value is -2.93. The summed E-state index contributed by atoms with van der Waals surface area (Å²) in [5.74, 6) is 0.753. The van der Waals surface area contributed by atoms with Crippen LogP contribution in [0.25, 0.3) is 16.6 Å². The molecule has 2 saturated heterocycles. The van der Waals surface area contributed by atoms with Crippen LogP contribution in [0.2, 0.25) is 0 Å². The van der Waals surface area contributed by atoms with Gasteiger partial charge in [-0.25, -0.2) is 8.91 Å². The van der Waals surface area contributed by atoms with Crippen molar-refractivity contribution in [3.05, 3.63) is 54.1 Å². The minimum atomic E-state index is -0.113. The second-order valence-corrected chi connectivity index (χ2v) is 10.7. The minimum Gasteiger partial charge on any atom is -0.366 e. The Morgan fingerprint density at radius 3 is 2.49 bits per heavy atom. The molecule has 3 fully saturated rings. The van der Waals surface area contributed by atoms with E-state index < -0.39 is 0 Å². The van der Waals surface area contributed by atoms with E-state index >= 15 is 4.39 Å². The Bertz CT molecular complexity index is 1240. The number of carbonyl (C=O) groups is 1. The second-order valence-electron chi connectivity index (χ2n) is 10.7. The molecule has 6 rings (SSSR count). The minimum absolute atomic E-state index is 0.113. The average Bonchev–Trinajstić information content (AvgIpc) is 3.42. The van der Waals surface area contributed by atoms with E-state index in [9.17, 15) is 4.79 Å². The molecule has 35 heavy (non-hydrogen) atoms. The van der Waals surface area contributed by atoms with Gasteiger partial charge in [0.05, 0.1) is 11.2 Å². The van der Waals surface area contributed by atoms with Gasteiger partial charge in [-0.2, -0.15) is 5.10 Å². The third-order valence-corrected chi connectivity index (χ3v) is 8.07. The number of nitrogens with zero attached hydrogens (tertiary/aromatic N) is 5. The Kier molecular flexibility index (Phi) is 5.75. The first-order valence-corrected chi connectivity index (χ1v) is 13.0. The zero-order chi connectivity index (χ0) is 24.1. The maximum atomic E-state index is 15.2. The summed E-state index contributed by atoms with van der Waals surface area (Å²) in [6.45, 7) is 9.53. The summed E-state index contributed by atoms with van der Waals surface area (Å²) in [4.78, 5) is 19.2. The number of anilines is 1. The van der Waals surface area contributed by atoms with Crippen LogP contribution in [0.5, 0.6) is 0 Å². The van der Waals surface area contributed by atoms with Gasteiger partial charge in [-0.1, -0.05) is 12.1 Å². The smallest absolute Gasteiger partial charge is 0.225 e. The Balaban J connectivity index is 1.21. The first-order chi connectivity index (χ1) is 17.0. The Morgan fingerprint density at radius 2 is 1.80 bits per heavy atom. The standard InChI is InChI=1S/C28H34FN5O/c1-19(2)33-10-8-22(17-33)24-6-5-21(15-25(24)29)23-16-27-26(7-9-30-34(27)18-23)31-11-13-32(14-12-31)28(35)20-3-4-20/h5-7,9,15-16,18-20,22H,3-4,8,10-14,17H2,1-2H3/t22-/m1/s1. The maximum Gasteiger partial charge on any atom is 0.225 e. The quantitative estimate of drug-likeness (QED) is 0.549. The number of rotatable bonds is 5. The molecule has 3 aliphatic rings. The van der Waals surface area contributed by atoms with E-state index in [2.05, 4.69) is 34.8 Å². The molecule has 1 atom stereocenters. The van der Waals surface area contributed by atoms with Crippen LogP contribution in [0.4, 0.5) is 10.1 Å². The van der Waals surface area contributed by atoms with Crippen molar-refractivity contribution in [1.29, 1.82) is 0 Å². The van der Waals surface area contributed by atoms with Crippen LogP contribution in [0, 0.1) is 11.7 Å². The zero-order valence-corrected chi connectivity index (χ0v) is 20.7. The normalized spacial score (nSPS) is 21.4. The van der Waals surface area contributed by atoms with Crippen molar-refractivity contribution in [3.8, 4) is 11.1 Å². The SMILES string of the molecule is CC(C)N1CC[C@@H](c2ccc(-c3cc4c(N5CCN(C(=O)C6CC6)CC5)ccnn4c3)cc2F)C1. The van der Waals surface area contributed by atoms with Gasteiger partial charge in [0.1, 0.15) is 5.82 Å². The molecule has 0 radical (unpaired) electrons. The van der Waals surface area contributed by atoms with E-state index in [0.29, 0.717) is 11.9 Å². The number of hydrogen-bond donors (Lipinski definition) is 0. The third-order valence-electron chi connectivity index (χ3n) is 8.07. The van der Waals surface area contributed by atoms with Gasteiger partial charge in [-0.3, -0.25) is 4.79 Å². The highest BCUT2D eigenvalue weighted by atomic mass is 19.1. The first kappa shape index (κ1) is 22.5. The lowest BCUT2D eigenvalue weighted by Gasteiger charge is -2.36. The highest BCUT2D eigenvalue weighted by Gasteiger charge is 2.35. The van der Waals surface area contributed by atoms with Gasteiger partial charge in [0.2, 0.25) is 5.91 Å². The lowest BCUT2D eigenvalue weighted by molar-refractivity contribution is -0.132. The fourth-order valence-electron chi connectivity index (χ4n) is 5.73. The topological polar surface area (TPSA) is 44.1 Å². The van der Waals surface area contributed by atoms with Crippen molar-refractivity contribution < 1.29 is 9.18 Å². The largest absolute Gasteiger partial charge is 0.366 e. The van der Waals surface area contributed by atoms with Crippen molar-refractivity contribution in [2.24, 2.45) is 5.92 Å². The monoisotopic (exact) mass is 475 g/mol. The number of aromatic nitrogens is 2. The van der Waals surface area contributed by atoms with Gasteiger partial charge in [-0.05, 0) is 69.0 Å². The number of hydrogen-bond acceptors (Lipinski definition) is 4. The molecule has 2 aromatic heterocycles. The van der Waals surface area contributed by atoms with Gasteiger partial charge in [-0.15, -0.1) is 0 Å². The highest BCUT2D eigenvalue weighted by molar-refractivity contribution is 5.82. The van der Waals surface area contributed by atoms with Crippen LogP contribution in [-0.4, -0.2) is 70.6 Å². The molecule has 1 aromatic carbocycles. The lowest BCUT2D eigenvalue weighted by atomic mass is 9.95. The molecule has 0 N–H and O–H groups in total. The van der Waals surface area contributed by atoms with Crippen LogP contribution < -0.4 is 4.90 Å². The van der Waals surface area contributed by atoms with Gasteiger partial charge in [0.25, 0.3) is 0 Å². The predicted molar refractivity (Wildman–Crippen MR) is 136 cm³/mol. The number of amides is 1. The predicted octanol–water partition coefficient (Wildman–Crippen LogP) is 4.40. The van der Waals surface area contributed by atoms with Crippen LogP contribution >= 0.6 is 0 Å². The summed E-state index contributed by atoms with van der Waals surface area (Å²) in [6.07, 6.45) is 6.91. The van der Waals surface area contributed by atoms with E-state index in [1.807, 2.05) is 40.0 Å². The average molecular weight is 476 g/mol. The van der Waals surface area contributed by atoms with E-state index in [1.165, 1.54) is 0 Å². The zero-order valence-electron chi connectivity index (χ0n) is 20.7. The molecule has 0 bridgehead atoms. The number of likely N-dealkylation sites (tertiary alicyclic amines) is 1. The van der Waals surface area contributed by atoms with Gasteiger partial charge in [0, 0.05) is 68.6 Å². The highest BCUT2D eigenvalue weighted by Crippen LogP contribution is 2.35. The summed E-state index contributed by atoms with van der Waals surface area (Å²) in [7, 11) is 0. The molecule has 2 aliphatic heterocycles. The van der Waals surface area contributed by atoms with E-state index in [-0.39, 0.29) is 17.7 Å².